The number of ether oxygens (including phenoxy) is 1. The van der Waals surface area contributed by atoms with E-state index in [1.165, 1.54) is 11.0 Å². The molecule has 0 saturated heterocycles. The number of alkyl carbamates (subject to hydrolysis) is 1. The zero-order chi connectivity index (χ0) is 20.3. The molecule has 2 aromatic heterocycles. The first-order valence-electron chi connectivity index (χ1n) is 9.37. The number of pyridine rings is 1. The van der Waals surface area contributed by atoms with Crippen molar-refractivity contribution >= 4 is 17.7 Å². The summed E-state index contributed by atoms with van der Waals surface area (Å²) in [6.45, 7) is 7.19. The lowest BCUT2D eigenvalue weighted by molar-refractivity contribution is -0.116. The fraction of sp³-hybridized carbons (Fsp3) is 0.526. The molecule has 0 aromatic carbocycles. The monoisotopic (exact) mass is 386 g/mol. The molecule has 2 N–H and O–H groups in total. The number of nitrogens with one attached hydrogen (secondary N) is 2. The highest BCUT2D eigenvalue weighted by Crippen LogP contribution is 2.32. The first-order chi connectivity index (χ1) is 13.2. The van der Waals surface area contributed by atoms with Gasteiger partial charge in [0.05, 0.1) is 17.9 Å². The van der Waals surface area contributed by atoms with Gasteiger partial charge in [-0.15, -0.1) is 0 Å². The van der Waals surface area contributed by atoms with Crippen molar-refractivity contribution in [2.45, 2.75) is 58.6 Å². The van der Waals surface area contributed by atoms with Gasteiger partial charge in [0.15, 0.2) is 11.6 Å². The summed E-state index contributed by atoms with van der Waals surface area (Å²) in [4.78, 5) is 32.5. The van der Waals surface area contributed by atoms with E-state index >= 15 is 0 Å². The van der Waals surface area contributed by atoms with Crippen molar-refractivity contribution in [3.63, 3.8) is 0 Å². The Morgan fingerprint density at radius 1 is 1.29 bits per heavy atom. The maximum absolute atomic E-state index is 12.0. The molecule has 0 radical (unpaired) electrons. The molecule has 0 bridgehead atoms. The molecule has 2 amide bonds. The summed E-state index contributed by atoms with van der Waals surface area (Å²) in [7, 11) is 0. The molecule has 1 unspecified atom stereocenters. The van der Waals surface area contributed by atoms with Crippen LogP contribution in [0.15, 0.2) is 24.7 Å². The minimum absolute atomic E-state index is 0.00804. The molecule has 9 nitrogen and oxygen atoms in total. The van der Waals surface area contributed by atoms with E-state index in [-0.39, 0.29) is 5.91 Å². The number of carbonyl (C=O) groups excluding carboxylic acids is 2. The quantitative estimate of drug-likeness (QED) is 0.789. The van der Waals surface area contributed by atoms with E-state index in [0.29, 0.717) is 29.7 Å². The van der Waals surface area contributed by atoms with Gasteiger partial charge in [-0.2, -0.15) is 9.78 Å². The Labute approximate surface area is 163 Å². The summed E-state index contributed by atoms with van der Waals surface area (Å²) >= 11 is 0. The Kier molecular flexibility index (Phi) is 5.62. The van der Waals surface area contributed by atoms with E-state index < -0.39 is 17.7 Å². The number of amides is 2. The number of rotatable bonds is 6. The van der Waals surface area contributed by atoms with Crippen LogP contribution in [0.3, 0.4) is 0 Å². The van der Waals surface area contributed by atoms with E-state index in [0.717, 1.165) is 12.8 Å². The lowest BCUT2D eigenvalue weighted by atomic mass is 10.2. The molecule has 1 atom stereocenters. The molecule has 9 heteroatoms. The van der Waals surface area contributed by atoms with Gasteiger partial charge in [-0.25, -0.2) is 14.8 Å². The number of hydrogen-bond acceptors (Lipinski definition) is 6. The zero-order valence-corrected chi connectivity index (χ0v) is 16.6. The number of carbonyl (C=O) groups is 2. The van der Waals surface area contributed by atoms with Crippen LogP contribution in [0.4, 0.5) is 10.5 Å². The topological polar surface area (TPSA) is 111 Å². The van der Waals surface area contributed by atoms with Crippen molar-refractivity contribution in [1.82, 2.24) is 25.1 Å². The average Bonchev–Trinajstić information content (AvgIpc) is 3.25. The van der Waals surface area contributed by atoms with E-state index in [4.69, 9.17) is 4.74 Å². The molecule has 2 aromatic rings. The van der Waals surface area contributed by atoms with Crippen molar-refractivity contribution in [2.75, 3.05) is 5.32 Å². The normalized spacial score (nSPS) is 15.0. The molecule has 0 spiro atoms. The van der Waals surface area contributed by atoms with Crippen molar-refractivity contribution < 1.29 is 14.3 Å². The van der Waals surface area contributed by atoms with Crippen molar-refractivity contribution in [3.8, 4) is 5.82 Å². The first-order valence-corrected chi connectivity index (χ1v) is 9.37. The smallest absolute Gasteiger partial charge is 0.408 e. The third kappa shape index (κ3) is 5.51. The largest absolute Gasteiger partial charge is 0.444 e. The molecular formula is C19H26N6O3. The second-order valence-corrected chi connectivity index (χ2v) is 8.00. The van der Waals surface area contributed by atoms with Crippen LogP contribution >= 0.6 is 0 Å². The SMILES string of the molecule is CC(NC(=O)OC(C)(C)C)c1ncnn1-c1ccc(NC(=O)CC2CC2)cn1. The maximum Gasteiger partial charge on any atom is 0.408 e. The molecule has 1 fully saturated rings. The van der Waals surface area contributed by atoms with Crippen LogP contribution in [-0.4, -0.2) is 37.3 Å². The summed E-state index contributed by atoms with van der Waals surface area (Å²) in [6, 6.07) is 3.08. The second kappa shape index (κ2) is 7.95. The zero-order valence-electron chi connectivity index (χ0n) is 16.6. The molecule has 0 aliphatic heterocycles. The fourth-order valence-corrected chi connectivity index (χ4v) is 2.65. The fourth-order valence-electron chi connectivity index (χ4n) is 2.65. The van der Waals surface area contributed by atoms with Crippen LogP contribution in [0.25, 0.3) is 5.82 Å². The van der Waals surface area contributed by atoms with Crippen LogP contribution < -0.4 is 10.6 Å². The number of aromatic nitrogens is 4. The molecule has 1 saturated carbocycles. The van der Waals surface area contributed by atoms with Crippen molar-refractivity contribution in [3.05, 3.63) is 30.5 Å². The first kappa shape index (κ1) is 19.8. The lowest BCUT2D eigenvalue weighted by Crippen LogP contribution is -2.35. The van der Waals surface area contributed by atoms with Gasteiger partial charge in [0.25, 0.3) is 0 Å². The van der Waals surface area contributed by atoms with Crippen LogP contribution in [0.5, 0.6) is 0 Å². The Balaban J connectivity index is 1.65. The summed E-state index contributed by atoms with van der Waals surface area (Å²) < 4.78 is 6.81. The van der Waals surface area contributed by atoms with Gasteiger partial charge < -0.3 is 15.4 Å². The minimum Gasteiger partial charge on any atom is -0.444 e. The summed E-state index contributed by atoms with van der Waals surface area (Å²) in [5.74, 6) is 1.59. The molecule has 28 heavy (non-hydrogen) atoms. The van der Waals surface area contributed by atoms with Gasteiger partial charge in [0.2, 0.25) is 5.91 Å². The average molecular weight is 386 g/mol. The Bertz CT molecular complexity index is 836. The molecule has 2 heterocycles. The van der Waals surface area contributed by atoms with E-state index in [1.807, 2.05) is 0 Å². The highest BCUT2D eigenvalue weighted by Gasteiger charge is 2.24. The Morgan fingerprint density at radius 3 is 2.64 bits per heavy atom. The molecule has 3 rings (SSSR count). The Hall–Kier alpha value is -2.97. The maximum atomic E-state index is 12.0. The summed E-state index contributed by atoms with van der Waals surface area (Å²) in [5.41, 5.74) is 0.0507. The van der Waals surface area contributed by atoms with E-state index in [9.17, 15) is 9.59 Å². The molecule has 150 valence electrons. The third-order valence-corrected chi connectivity index (χ3v) is 4.11. The van der Waals surface area contributed by atoms with Gasteiger partial charge in [0.1, 0.15) is 11.9 Å². The van der Waals surface area contributed by atoms with Crippen LogP contribution in [-0.2, 0) is 9.53 Å². The van der Waals surface area contributed by atoms with Crippen LogP contribution in [0, 0.1) is 5.92 Å². The van der Waals surface area contributed by atoms with Crippen LogP contribution in [0.1, 0.15) is 58.8 Å². The van der Waals surface area contributed by atoms with Gasteiger partial charge in [-0.3, -0.25) is 4.79 Å². The van der Waals surface area contributed by atoms with Gasteiger partial charge >= 0.3 is 6.09 Å². The number of hydrogen-bond donors (Lipinski definition) is 2. The van der Waals surface area contributed by atoms with E-state index in [2.05, 4.69) is 25.7 Å². The molecule has 1 aliphatic carbocycles. The van der Waals surface area contributed by atoms with Crippen molar-refractivity contribution in [1.29, 1.82) is 0 Å². The van der Waals surface area contributed by atoms with Gasteiger partial charge in [-0.1, -0.05) is 0 Å². The number of nitrogens with zero attached hydrogens (tertiary/aromatic N) is 4. The van der Waals surface area contributed by atoms with Gasteiger partial charge in [-0.05, 0) is 58.6 Å². The third-order valence-electron chi connectivity index (χ3n) is 4.11. The predicted octanol–water partition coefficient (Wildman–Crippen LogP) is 2.99. The standard InChI is InChI=1S/C19H26N6O3/c1-12(23-18(27)28-19(2,3)4)17-21-11-22-25(17)15-8-7-14(10-20-15)24-16(26)9-13-5-6-13/h7-8,10-13H,5-6,9H2,1-4H3,(H,23,27)(H,24,26). The van der Waals surface area contributed by atoms with Crippen molar-refractivity contribution in [2.24, 2.45) is 5.92 Å². The second-order valence-electron chi connectivity index (χ2n) is 8.00. The summed E-state index contributed by atoms with van der Waals surface area (Å²) in [6.07, 6.45) is 5.27. The van der Waals surface area contributed by atoms with Gasteiger partial charge in [0, 0.05) is 6.42 Å². The molecular weight excluding hydrogens is 360 g/mol. The highest BCUT2D eigenvalue weighted by molar-refractivity contribution is 5.90. The Morgan fingerprint density at radius 2 is 2.04 bits per heavy atom. The minimum atomic E-state index is -0.585. The predicted molar refractivity (Wildman–Crippen MR) is 103 cm³/mol. The lowest BCUT2D eigenvalue weighted by Gasteiger charge is -2.21. The van der Waals surface area contributed by atoms with E-state index in [1.54, 1.807) is 46.0 Å². The highest BCUT2D eigenvalue weighted by atomic mass is 16.6. The summed E-state index contributed by atoms with van der Waals surface area (Å²) in [5, 5.41) is 9.78. The number of anilines is 1. The molecule has 1 aliphatic rings. The van der Waals surface area contributed by atoms with Crippen LogP contribution in [0.2, 0.25) is 0 Å².